The van der Waals surface area contributed by atoms with Crippen LogP contribution in [0.4, 0.5) is 0 Å². The number of hydrogen-bond donors (Lipinski definition) is 2. The van der Waals surface area contributed by atoms with Gasteiger partial charge in [0.2, 0.25) is 0 Å². The van der Waals surface area contributed by atoms with Crippen LogP contribution in [0.25, 0.3) is 11.1 Å². The molecule has 2 rings (SSSR count). The molecule has 0 radical (unpaired) electrons. The van der Waals surface area contributed by atoms with Gasteiger partial charge in [0.25, 0.3) is 0 Å². The zero-order valence-electron chi connectivity index (χ0n) is 12.6. The molecule has 112 valence electrons. The molecule has 0 fully saturated rings. The minimum absolute atomic E-state index is 0.276. The van der Waals surface area contributed by atoms with Gasteiger partial charge in [0, 0.05) is 25.5 Å². The Morgan fingerprint density at radius 3 is 2.67 bits per heavy atom. The second-order valence-electron chi connectivity index (χ2n) is 5.35. The van der Waals surface area contributed by atoms with Crippen LogP contribution >= 0.6 is 0 Å². The minimum Gasteiger partial charge on any atom is -0.396 e. The van der Waals surface area contributed by atoms with Crippen LogP contribution in [0.5, 0.6) is 0 Å². The summed E-state index contributed by atoms with van der Waals surface area (Å²) in [6, 6.07) is 12.6. The second kappa shape index (κ2) is 8.55. The molecule has 1 aromatic heterocycles. The third-order valence-corrected chi connectivity index (χ3v) is 3.82. The molecular formula is C18H24N2O. The van der Waals surface area contributed by atoms with Crippen LogP contribution in [0.15, 0.2) is 48.8 Å². The van der Waals surface area contributed by atoms with E-state index in [2.05, 4.69) is 41.5 Å². The molecule has 0 spiro atoms. The molecule has 1 atom stereocenters. The Hall–Kier alpha value is -1.71. The van der Waals surface area contributed by atoms with Gasteiger partial charge in [-0.2, -0.15) is 0 Å². The standard InChI is InChI=1S/C18H24N2O/c1-2-15(8-11-21)13-20-14-16-4-3-5-18(12-16)17-6-9-19-10-7-17/h3-7,9-10,12,15,20-21H,2,8,11,13-14H2,1H3. The van der Waals surface area contributed by atoms with Crippen molar-refractivity contribution in [1.82, 2.24) is 10.3 Å². The van der Waals surface area contributed by atoms with Crippen LogP contribution in [0, 0.1) is 5.92 Å². The Kier molecular flexibility index (Phi) is 6.38. The van der Waals surface area contributed by atoms with Crippen LogP contribution in [0.3, 0.4) is 0 Å². The number of nitrogens with one attached hydrogen (secondary N) is 1. The fourth-order valence-corrected chi connectivity index (χ4v) is 2.46. The van der Waals surface area contributed by atoms with Gasteiger partial charge in [0.1, 0.15) is 0 Å². The fraction of sp³-hybridized carbons (Fsp3) is 0.389. The first kappa shape index (κ1) is 15.7. The summed E-state index contributed by atoms with van der Waals surface area (Å²) in [6.07, 6.45) is 5.62. The van der Waals surface area contributed by atoms with E-state index in [0.717, 1.165) is 25.9 Å². The Bertz CT molecular complexity index is 528. The first-order chi connectivity index (χ1) is 10.3. The molecule has 0 aliphatic heterocycles. The van der Waals surface area contributed by atoms with Crippen molar-refractivity contribution >= 4 is 0 Å². The van der Waals surface area contributed by atoms with Gasteiger partial charge in [-0.15, -0.1) is 0 Å². The molecule has 2 N–H and O–H groups in total. The van der Waals surface area contributed by atoms with Crippen LogP contribution in [-0.4, -0.2) is 23.2 Å². The summed E-state index contributed by atoms with van der Waals surface area (Å²) in [5.41, 5.74) is 3.70. The number of hydrogen-bond acceptors (Lipinski definition) is 3. The predicted molar refractivity (Wildman–Crippen MR) is 86.9 cm³/mol. The largest absolute Gasteiger partial charge is 0.396 e. The fourth-order valence-electron chi connectivity index (χ4n) is 2.46. The first-order valence-corrected chi connectivity index (χ1v) is 7.64. The highest BCUT2D eigenvalue weighted by Crippen LogP contribution is 2.19. The lowest BCUT2D eigenvalue weighted by Gasteiger charge is -2.14. The SMILES string of the molecule is CCC(CCO)CNCc1cccc(-c2ccncc2)c1. The zero-order valence-corrected chi connectivity index (χ0v) is 12.6. The Labute approximate surface area is 127 Å². The number of nitrogens with zero attached hydrogens (tertiary/aromatic N) is 1. The van der Waals surface area contributed by atoms with E-state index >= 15 is 0 Å². The summed E-state index contributed by atoms with van der Waals surface area (Å²) in [7, 11) is 0. The van der Waals surface area contributed by atoms with Crippen LogP contribution < -0.4 is 5.32 Å². The van der Waals surface area contributed by atoms with Gasteiger partial charge < -0.3 is 10.4 Å². The molecule has 0 aliphatic rings. The van der Waals surface area contributed by atoms with Crippen molar-refractivity contribution in [2.75, 3.05) is 13.2 Å². The highest BCUT2D eigenvalue weighted by atomic mass is 16.3. The number of pyridine rings is 1. The lowest BCUT2D eigenvalue weighted by molar-refractivity contribution is 0.251. The molecular weight excluding hydrogens is 260 g/mol. The van der Waals surface area contributed by atoms with Crippen LogP contribution in [0.1, 0.15) is 25.3 Å². The van der Waals surface area contributed by atoms with E-state index in [0.29, 0.717) is 5.92 Å². The van der Waals surface area contributed by atoms with Gasteiger partial charge in [-0.3, -0.25) is 4.98 Å². The lowest BCUT2D eigenvalue weighted by Crippen LogP contribution is -2.22. The van der Waals surface area contributed by atoms with Gasteiger partial charge in [0.05, 0.1) is 0 Å². The van der Waals surface area contributed by atoms with Gasteiger partial charge >= 0.3 is 0 Å². The number of aliphatic hydroxyl groups is 1. The smallest absolute Gasteiger partial charge is 0.0434 e. The lowest BCUT2D eigenvalue weighted by atomic mass is 10.0. The summed E-state index contributed by atoms with van der Waals surface area (Å²) in [5.74, 6) is 0.554. The quantitative estimate of drug-likeness (QED) is 0.782. The van der Waals surface area contributed by atoms with E-state index in [1.165, 1.54) is 16.7 Å². The average molecular weight is 284 g/mol. The van der Waals surface area contributed by atoms with Gasteiger partial charge in [-0.1, -0.05) is 31.5 Å². The highest BCUT2D eigenvalue weighted by Gasteiger charge is 2.05. The molecule has 0 bridgehead atoms. The summed E-state index contributed by atoms with van der Waals surface area (Å²) in [6.45, 7) is 4.27. The van der Waals surface area contributed by atoms with Crippen molar-refractivity contribution in [3.8, 4) is 11.1 Å². The molecule has 2 aromatic rings. The molecule has 3 nitrogen and oxygen atoms in total. The van der Waals surface area contributed by atoms with Gasteiger partial charge in [-0.25, -0.2) is 0 Å². The maximum Gasteiger partial charge on any atom is 0.0434 e. The molecule has 1 unspecified atom stereocenters. The number of rotatable bonds is 8. The van der Waals surface area contributed by atoms with Crippen molar-refractivity contribution in [2.24, 2.45) is 5.92 Å². The van der Waals surface area contributed by atoms with Crippen molar-refractivity contribution in [2.45, 2.75) is 26.3 Å². The molecule has 0 saturated heterocycles. The van der Waals surface area contributed by atoms with Gasteiger partial charge in [-0.05, 0) is 53.8 Å². The van der Waals surface area contributed by atoms with E-state index in [4.69, 9.17) is 5.11 Å². The second-order valence-corrected chi connectivity index (χ2v) is 5.35. The molecule has 1 aromatic carbocycles. The third-order valence-electron chi connectivity index (χ3n) is 3.82. The monoisotopic (exact) mass is 284 g/mol. The van der Waals surface area contributed by atoms with E-state index in [1.54, 1.807) is 0 Å². The van der Waals surface area contributed by atoms with Gasteiger partial charge in [0.15, 0.2) is 0 Å². The maximum absolute atomic E-state index is 9.01. The normalized spacial score (nSPS) is 12.3. The first-order valence-electron chi connectivity index (χ1n) is 7.64. The molecule has 0 aliphatic carbocycles. The third kappa shape index (κ3) is 4.96. The number of benzene rings is 1. The van der Waals surface area contributed by atoms with Crippen molar-refractivity contribution < 1.29 is 5.11 Å². The Morgan fingerprint density at radius 1 is 1.14 bits per heavy atom. The average Bonchev–Trinajstić information content (AvgIpc) is 2.55. The molecule has 1 heterocycles. The van der Waals surface area contributed by atoms with E-state index in [-0.39, 0.29) is 6.61 Å². The number of aliphatic hydroxyl groups excluding tert-OH is 1. The molecule has 0 saturated carbocycles. The zero-order chi connectivity index (χ0) is 14.9. The predicted octanol–water partition coefficient (Wildman–Crippen LogP) is 3.25. The summed E-state index contributed by atoms with van der Waals surface area (Å²) in [5, 5.41) is 12.5. The topological polar surface area (TPSA) is 45.1 Å². The summed E-state index contributed by atoms with van der Waals surface area (Å²) < 4.78 is 0. The Morgan fingerprint density at radius 2 is 1.95 bits per heavy atom. The van der Waals surface area contributed by atoms with Crippen molar-refractivity contribution in [1.29, 1.82) is 0 Å². The number of aromatic nitrogens is 1. The van der Waals surface area contributed by atoms with E-state index < -0.39 is 0 Å². The Balaban J connectivity index is 1.93. The minimum atomic E-state index is 0.276. The molecule has 3 heteroatoms. The highest BCUT2D eigenvalue weighted by molar-refractivity contribution is 5.63. The summed E-state index contributed by atoms with van der Waals surface area (Å²) >= 11 is 0. The molecule has 0 amide bonds. The van der Waals surface area contributed by atoms with Crippen LogP contribution in [0.2, 0.25) is 0 Å². The van der Waals surface area contributed by atoms with Crippen molar-refractivity contribution in [3.05, 3.63) is 54.4 Å². The van der Waals surface area contributed by atoms with E-state index in [1.807, 2.05) is 24.5 Å². The van der Waals surface area contributed by atoms with E-state index in [9.17, 15) is 0 Å². The summed E-state index contributed by atoms with van der Waals surface area (Å²) in [4.78, 5) is 4.06. The van der Waals surface area contributed by atoms with Crippen LogP contribution in [-0.2, 0) is 6.54 Å². The molecule has 21 heavy (non-hydrogen) atoms. The maximum atomic E-state index is 9.01. The van der Waals surface area contributed by atoms with Crippen molar-refractivity contribution in [3.63, 3.8) is 0 Å².